The van der Waals surface area contributed by atoms with Gasteiger partial charge in [-0.2, -0.15) is 0 Å². The summed E-state index contributed by atoms with van der Waals surface area (Å²) in [6, 6.07) is 8.64. The third-order valence-electron chi connectivity index (χ3n) is 3.73. The van der Waals surface area contributed by atoms with Crippen LogP contribution in [0, 0.1) is 12.8 Å². The predicted octanol–water partition coefficient (Wildman–Crippen LogP) is 3.69. The number of nitrogens with zero attached hydrogens (tertiary/aromatic N) is 1. The Balaban J connectivity index is 1.90. The summed E-state index contributed by atoms with van der Waals surface area (Å²) in [7, 11) is 0. The molecule has 1 aromatic rings. The number of ketones is 1. The Morgan fingerprint density at radius 1 is 1.32 bits per heavy atom. The maximum Gasteiger partial charge on any atom is 0.164 e. The van der Waals surface area contributed by atoms with Crippen LogP contribution in [-0.4, -0.2) is 29.8 Å². The average Bonchev–Trinajstić information content (AvgIpc) is 3.18. The number of rotatable bonds is 7. The molecular weight excluding hydrogens is 234 g/mol. The molecule has 2 nitrogen and oxygen atoms in total. The number of benzene rings is 1. The highest BCUT2D eigenvalue weighted by molar-refractivity contribution is 5.97. The van der Waals surface area contributed by atoms with Gasteiger partial charge in [0.05, 0.1) is 0 Å². The molecule has 1 fully saturated rings. The van der Waals surface area contributed by atoms with E-state index in [1.54, 1.807) is 0 Å². The second-order valence-electron chi connectivity index (χ2n) is 6.11. The van der Waals surface area contributed by atoms with Crippen molar-refractivity contribution in [2.75, 3.05) is 13.1 Å². The van der Waals surface area contributed by atoms with E-state index < -0.39 is 0 Å². The highest BCUT2D eigenvalue weighted by Gasteiger charge is 2.29. The molecule has 0 aromatic heterocycles. The number of hydrogen-bond donors (Lipinski definition) is 0. The molecule has 1 aliphatic rings. The highest BCUT2D eigenvalue weighted by atomic mass is 16.1. The molecule has 0 bridgehead atoms. The van der Waals surface area contributed by atoms with Crippen LogP contribution >= 0.6 is 0 Å². The first-order chi connectivity index (χ1) is 9.08. The van der Waals surface area contributed by atoms with Gasteiger partial charge in [-0.15, -0.1) is 0 Å². The molecule has 0 spiro atoms. The lowest BCUT2D eigenvalue weighted by Gasteiger charge is -2.23. The largest absolute Gasteiger partial charge is 0.300 e. The number of carbonyl (C=O) groups excluding carboxylic acids is 1. The molecule has 1 aliphatic carbocycles. The molecule has 19 heavy (non-hydrogen) atoms. The fraction of sp³-hybridized carbons (Fsp3) is 0.588. The van der Waals surface area contributed by atoms with Crippen LogP contribution in [0.25, 0.3) is 0 Å². The van der Waals surface area contributed by atoms with Gasteiger partial charge in [-0.05, 0) is 31.2 Å². The van der Waals surface area contributed by atoms with E-state index in [1.165, 1.54) is 12.8 Å². The van der Waals surface area contributed by atoms with E-state index in [9.17, 15) is 4.79 Å². The first-order valence-electron chi connectivity index (χ1n) is 7.41. The van der Waals surface area contributed by atoms with Gasteiger partial charge in [-0.25, -0.2) is 0 Å². The standard InChI is InChI=1S/C17H25NO/c1-13(2)12-18(15-8-9-15)11-10-17(19)16-7-5-4-6-14(16)3/h4-7,13,15H,8-12H2,1-3H3. The summed E-state index contributed by atoms with van der Waals surface area (Å²) in [6.45, 7) is 8.54. The van der Waals surface area contributed by atoms with E-state index in [2.05, 4.69) is 18.7 Å². The Morgan fingerprint density at radius 2 is 2.00 bits per heavy atom. The van der Waals surface area contributed by atoms with Gasteiger partial charge in [-0.1, -0.05) is 38.1 Å². The maximum atomic E-state index is 12.3. The molecule has 0 atom stereocenters. The van der Waals surface area contributed by atoms with Crippen molar-refractivity contribution in [3.63, 3.8) is 0 Å². The summed E-state index contributed by atoms with van der Waals surface area (Å²) in [6.07, 6.45) is 3.27. The molecule has 0 N–H and O–H groups in total. The lowest BCUT2D eigenvalue weighted by Crippen LogP contribution is -2.32. The van der Waals surface area contributed by atoms with Crippen LogP contribution in [-0.2, 0) is 0 Å². The summed E-state index contributed by atoms with van der Waals surface area (Å²) in [5, 5.41) is 0. The predicted molar refractivity (Wildman–Crippen MR) is 79.6 cm³/mol. The summed E-state index contributed by atoms with van der Waals surface area (Å²) in [4.78, 5) is 14.8. The number of carbonyl (C=O) groups is 1. The summed E-state index contributed by atoms with van der Waals surface area (Å²) in [5.74, 6) is 0.960. The zero-order valence-electron chi connectivity index (χ0n) is 12.4. The van der Waals surface area contributed by atoms with Crippen LogP contribution in [0.1, 0.15) is 49.0 Å². The Kier molecular flexibility index (Phi) is 4.76. The van der Waals surface area contributed by atoms with Gasteiger partial charge in [0.1, 0.15) is 0 Å². The van der Waals surface area contributed by atoms with Crippen LogP contribution in [0.2, 0.25) is 0 Å². The number of aryl methyl sites for hydroxylation is 1. The molecule has 0 saturated heterocycles. The quantitative estimate of drug-likeness (QED) is 0.696. The van der Waals surface area contributed by atoms with Crippen molar-refractivity contribution in [1.29, 1.82) is 0 Å². The first-order valence-corrected chi connectivity index (χ1v) is 7.41. The molecule has 104 valence electrons. The SMILES string of the molecule is Cc1ccccc1C(=O)CCN(CC(C)C)C1CC1. The lowest BCUT2D eigenvalue weighted by molar-refractivity contribution is 0.0958. The number of Topliss-reactive ketones (excluding diaryl/α,β-unsaturated/α-hetero) is 1. The third kappa shape index (κ3) is 4.17. The zero-order valence-corrected chi connectivity index (χ0v) is 12.4. The van der Waals surface area contributed by atoms with E-state index in [-0.39, 0.29) is 5.78 Å². The first kappa shape index (κ1) is 14.3. The van der Waals surface area contributed by atoms with Crippen LogP contribution in [0.5, 0.6) is 0 Å². The van der Waals surface area contributed by atoms with Crippen LogP contribution < -0.4 is 0 Å². The van der Waals surface area contributed by atoms with Gasteiger partial charge in [0, 0.05) is 31.1 Å². The second kappa shape index (κ2) is 6.33. The van der Waals surface area contributed by atoms with Crippen molar-refractivity contribution in [3.05, 3.63) is 35.4 Å². The van der Waals surface area contributed by atoms with Crippen molar-refractivity contribution < 1.29 is 4.79 Å². The van der Waals surface area contributed by atoms with Gasteiger partial charge in [0.15, 0.2) is 5.78 Å². The van der Waals surface area contributed by atoms with Crippen molar-refractivity contribution in [3.8, 4) is 0 Å². The Hall–Kier alpha value is -1.15. The van der Waals surface area contributed by atoms with Gasteiger partial charge >= 0.3 is 0 Å². The van der Waals surface area contributed by atoms with Crippen LogP contribution in [0.3, 0.4) is 0 Å². The molecule has 1 aromatic carbocycles. The van der Waals surface area contributed by atoms with E-state index in [0.29, 0.717) is 12.3 Å². The van der Waals surface area contributed by atoms with Gasteiger partial charge in [0.25, 0.3) is 0 Å². The van der Waals surface area contributed by atoms with Gasteiger partial charge in [-0.3, -0.25) is 9.69 Å². The molecule has 1 saturated carbocycles. The molecule has 0 unspecified atom stereocenters. The Labute approximate surface area is 116 Å². The van der Waals surface area contributed by atoms with Crippen molar-refractivity contribution in [2.45, 2.75) is 46.1 Å². The molecule has 0 heterocycles. The Bertz CT molecular complexity index is 435. The maximum absolute atomic E-state index is 12.3. The molecule has 2 rings (SSSR count). The van der Waals surface area contributed by atoms with E-state index in [0.717, 1.165) is 30.3 Å². The molecule has 0 amide bonds. The van der Waals surface area contributed by atoms with E-state index in [1.807, 2.05) is 31.2 Å². The Morgan fingerprint density at radius 3 is 2.58 bits per heavy atom. The van der Waals surface area contributed by atoms with Crippen LogP contribution in [0.15, 0.2) is 24.3 Å². The summed E-state index contributed by atoms with van der Waals surface area (Å²) in [5.41, 5.74) is 1.98. The normalized spacial score (nSPS) is 15.2. The summed E-state index contributed by atoms with van der Waals surface area (Å²) >= 11 is 0. The summed E-state index contributed by atoms with van der Waals surface area (Å²) < 4.78 is 0. The lowest BCUT2D eigenvalue weighted by atomic mass is 10.0. The monoisotopic (exact) mass is 259 g/mol. The third-order valence-corrected chi connectivity index (χ3v) is 3.73. The average molecular weight is 259 g/mol. The highest BCUT2D eigenvalue weighted by Crippen LogP contribution is 2.27. The van der Waals surface area contributed by atoms with Gasteiger partial charge in [0.2, 0.25) is 0 Å². The topological polar surface area (TPSA) is 20.3 Å². The van der Waals surface area contributed by atoms with Crippen molar-refractivity contribution >= 4 is 5.78 Å². The number of hydrogen-bond acceptors (Lipinski definition) is 2. The van der Waals surface area contributed by atoms with Gasteiger partial charge < -0.3 is 0 Å². The molecule has 0 aliphatic heterocycles. The minimum atomic E-state index is 0.285. The van der Waals surface area contributed by atoms with E-state index >= 15 is 0 Å². The second-order valence-corrected chi connectivity index (χ2v) is 6.11. The zero-order chi connectivity index (χ0) is 13.8. The molecular formula is C17H25NO. The van der Waals surface area contributed by atoms with Crippen LogP contribution in [0.4, 0.5) is 0 Å². The smallest absolute Gasteiger partial charge is 0.164 e. The van der Waals surface area contributed by atoms with Crippen molar-refractivity contribution in [1.82, 2.24) is 4.90 Å². The fourth-order valence-corrected chi connectivity index (χ4v) is 2.60. The minimum Gasteiger partial charge on any atom is -0.300 e. The van der Waals surface area contributed by atoms with Crippen molar-refractivity contribution in [2.24, 2.45) is 5.92 Å². The van der Waals surface area contributed by atoms with E-state index in [4.69, 9.17) is 0 Å². The molecule has 2 heteroatoms. The molecule has 0 radical (unpaired) electrons. The fourth-order valence-electron chi connectivity index (χ4n) is 2.60. The minimum absolute atomic E-state index is 0.285.